The number of hydrogen-bond donors (Lipinski definition) is 2. The molecule has 6 heteroatoms. The molecule has 0 aliphatic heterocycles. The number of hydrogen-bond acceptors (Lipinski definition) is 4. The zero-order valence-electron chi connectivity index (χ0n) is 12.3. The third-order valence-electron chi connectivity index (χ3n) is 2.76. The molecule has 0 unspecified atom stereocenters. The van der Waals surface area contributed by atoms with Crippen LogP contribution in [0.3, 0.4) is 0 Å². The zero-order valence-corrected chi connectivity index (χ0v) is 13.2. The zero-order chi connectivity index (χ0) is 15.0. The van der Waals surface area contributed by atoms with Crippen molar-refractivity contribution in [1.29, 1.82) is 0 Å². The maximum atomic E-state index is 12.2. The summed E-state index contributed by atoms with van der Waals surface area (Å²) in [4.78, 5) is 0.279. The van der Waals surface area contributed by atoms with E-state index in [4.69, 9.17) is 4.74 Å². The van der Waals surface area contributed by atoms with Crippen LogP contribution in [0.15, 0.2) is 29.2 Å². The van der Waals surface area contributed by atoms with Gasteiger partial charge in [-0.3, -0.25) is 0 Å². The Morgan fingerprint density at radius 2 is 1.90 bits per heavy atom. The number of ether oxygens (including phenoxy) is 1. The average Bonchev–Trinajstić information content (AvgIpc) is 2.42. The van der Waals surface area contributed by atoms with E-state index in [0.29, 0.717) is 18.8 Å². The molecule has 0 fully saturated rings. The molecule has 0 radical (unpaired) electrons. The summed E-state index contributed by atoms with van der Waals surface area (Å²) in [5.41, 5.74) is 0.600. The maximum Gasteiger partial charge on any atom is 0.242 e. The molecule has 0 spiro atoms. The Morgan fingerprint density at radius 1 is 1.20 bits per heavy atom. The largest absolute Gasteiger partial charge is 0.387 e. The molecule has 5 nitrogen and oxygen atoms in total. The van der Waals surface area contributed by atoms with Crippen LogP contribution in [0.5, 0.6) is 0 Å². The summed E-state index contributed by atoms with van der Waals surface area (Å²) in [7, 11) is -1.75. The summed E-state index contributed by atoms with van der Waals surface area (Å²) < 4.78 is 32.4. The first kappa shape index (κ1) is 16.9. The molecule has 0 aliphatic carbocycles. The number of nitrogens with one attached hydrogen (secondary N) is 2. The predicted octanol–water partition coefficient (Wildman–Crippen LogP) is 2.21. The van der Waals surface area contributed by atoms with Crippen LogP contribution in [0.2, 0.25) is 0 Å². The Balaban J connectivity index is 2.46. The summed E-state index contributed by atoms with van der Waals surface area (Å²) in [5.74, 6) is 0. The molecule has 0 saturated heterocycles. The third kappa shape index (κ3) is 5.48. The van der Waals surface area contributed by atoms with Gasteiger partial charge >= 0.3 is 0 Å². The number of anilines is 1. The van der Waals surface area contributed by atoms with Crippen LogP contribution in [0.25, 0.3) is 0 Å². The van der Waals surface area contributed by atoms with Gasteiger partial charge in [0.2, 0.25) is 10.0 Å². The first-order valence-corrected chi connectivity index (χ1v) is 8.33. The fourth-order valence-electron chi connectivity index (χ4n) is 1.74. The van der Waals surface area contributed by atoms with Crippen molar-refractivity contribution in [2.24, 2.45) is 0 Å². The van der Waals surface area contributed by atoms with E-state index in [0.717, 1.165) is 12.8 Å². The highest BCUT2D eigenvalue weighted by molar-refractivity contribution is 7.89. The molecule has 0 atom stereocenters. The van der Waals surface area contributed by atoms with Crippen molar-refractivity contribution in [2.45, 2.75) is 37.7 Å². The van der Waals surface area contributed by atoms with Gasteiger partial charge in [0.05, 0.1) is 11.8 Å². The minimum Gasteiger partial charge on any atom is -0.387 e. The van der Waals surface area contributed by atoms with Gasteiger partial charge in [-0.2, -0.15) is 0 Å². The van der Waals surface area contributed by atoms with Crippen LogP contribution in [0, 0.1) is 0 Å². The minimum atomic E-state index is -3.46. The Labute approximate surface area is 121 Å². The second-order valence-corrected chi connectivity index (χ2v) is 6.51. The van der Waals surface area contributed by atoms with E-state index < -0.39 is 10.0 Å². The predicted molar refractivity (Wildman–Crippen MR) is 81.5 cm³/mol. The molecule has 114 valence electrons. The Bertz CT molecular complexity index is 501. The van der Waals surface area contributed by atoms with Gasteiger partial charge in [0, 0.05) is 20.2 Å². The van der Waals surface area contributed by atoms with Gasteiger partial charge in [-0.25, -0.2) is 13.1 Å². The molecule has 0 amide bonds. The molecule has 2 N–H and O–H groups in total. The summed E-state index contributed by atoms with van der Waals surface area (Å²) in [6.45, 7) is 5.04. The molecular formula is C14H24N2O3S. The molecule has 1 rings (SSSR count). The van der Waals surface area contributed by atoms with Gasteiger partial charge in [0.15, 0.2) is 0 Å². The van der Waals surface area contributed by atoms with Crippen molar-refractivity contribution >= 4 is 15.7 Å². The fourth-order valence-corrected chi connectivity index (χ4v) is 3.02. The maximum absolute atomic E-state index is 12.2. The van der Waals surface area contributed by atoms with E-state index in [9.17, 15) is 8.42 Å². The van der Waals surface area contributed by atoms with E-state index in [-0.39, 0.29) is 11.0 Å². The molecule has 0 saturated carbocycles. The van der Waals surface area contributed by atoms with Crippen LogP contribution >= 0.6 is 0 Å². The Hall–Kier alpha value is -1.11. The molecule has 20 heavy (non-hydrogen) atoms. The number of para-hydroxylation sites is 1. The monoisotopic (exact) mass is 300 g/mol. The van der Waals surface area contributed by atoms with Gasteiger partial charge in [-0.1, -0.05) is 12.1 Å². The lowest BCUT2D eigenvalue weighted by molar-refractivity contribution is 0.0762. The van der Waals surface area contributed by atoms with Gasteiger partial charge in [0.1, 0.15) is 4.90 Å². The van der Waals surface area contributed by atoms with E-state index in [1.807, 2.05) is 13.8 Å². The Kier molecular flexibility index (Phi) is 6.98. The molecule has 0 aliphatic rings. The minimum absolute atomic E-state index is 0.217. The van der Waals surface area contributed by atoms with Gasteiger partial charge < -0.3 is 10.1 Å². The first-order valence-electron chi connectivity index (χ1n) is 6.85. The van der Waals surface area contributed by atoms with Gasteiger partial charge in [-0.15, -0.1) is 0 Å². The van der Waals surface area contributed by atoms with Crippen molar-refractivity contribution in [1.82, 2.24) is 4.72 Å². The van der Waals surface area contributed by atoms with Crippen molar-refractivity contribution in [2.75, 3.05) is 25.5 Å². The van der Waals surface area contributed by atoms with Crippen LogP contribution in [-0.4, -0.2) is 34.7 Å². The molecule has 0 bridgehead atoms. The first-order chi connectivity index (χ1) is 9.47. The summed E-state index contributed by atoms with van der Waals surface area (Å²) >= 11 is 0. The molecule has 1 aromatic rings. The molecular weight excluding hydrogens is 276 g/mol. The summed E-state index contributed by atoms with van der Waals surface area (Å²) in [5, 5.41) is 2.89. The lowest BCUT2D eigenvalue weighted by atomic mass is 10.3. The second-order valence-electron chi connectivity index (χ2n) is 4.77. The number of sulfonamides is 1. The lowest BCUT2D eigenvalue weighted by Crippen LogP contribution is -2.25. The van der Waals surface area contributed by atoms with Crippen molar-refractivity contribution < 1.29 is 13.2 Å². The van der Waals surface area contributed by atoms with E-state index >= 15 is 0 Å². The Morgan fingerprint density at radius 3 is 2.55 bits per heavy atom. The normalized spacial score (nSPS) is 11.8. The lowest BCUT2D eigenvalue weighted by Gasteiger charge is -2.11. The second kappa shape index (κ2) is 8.24. The number of benzene rings is 1. The highest BCUT2D eigenvalue weighted by Crippen LogP contribution is 2.19. The smallest absolute Gasteiger partial charge is 0.242 e. The molecule has 0 heterocycles. The van der Waals surface area contributed by atoms with E-state index in [1.165, 1.54) is 0 Å². The number of unbranched alkanes of at least 4 members (excludes halogenated alkanes) is 1. The van der Waals surface area contributed by atoms with Gasteiger partial charge in [-0.05, 0) is 38.8 Å². The van der Waals surface area contributed by atoms with Gasteiger partial charge in [0.25, 0.3) is 0 Å². The van der Waals surface area contributed by atoms with Crippen molar-refractivity contribution in [3.05, 3.63) is 24.3 Å². The highest BCUT2D eigenvalue weighted by Gasteiger charge is 2.16. The average molecular weight is 300 g/mol. The van der Waals surface area contributed by atoms with Crippen LogP contribution in [0.1, 0.15) is 26.7 Å². The number of rotatable bonds is 9. The van der Waals surface area contributed by atoms with Crippen LogP contribution < -0.4 is 10.0 Å². The SMILES string of the molecule is CNc1ccccc1S(=O)(=O)NCCCCOC(C)C. The molecule has 1 aromatic carbocycles. The van der Waals surface area contributed by atoms with E-state index in [2.05, 4.69) is 10.0 Å². The summed E-state index contributed by atoms with van der Waals surface area (Å²) in [6.07, 6.45) is 1.82. The third-order valence-corrected chi connectivity index (χ3v) is 4.28. The van der Waals surface area contributed by atoms with Crippen molar-refractivity contribution in [3.63, 3.8) is 0 Å². The summed E-state index contributed by atoms with van der Waals surface area (Å²) in [6, 6.07) is 6.85. The van der Waals surface area contributed by atoms with Crippen molar-refractivity contribution in [3.8, 4) is 0 Å². The van der Waals surface area contributed by atoms with Crippen LogP contribution in [0.4, 0.5) is 5.69 Å². The highest BCUT2D eigenvalue weighted by atomic mass is 32.2. The fraction of sp³-hybridized carbons (Fsp3) is 0.571. The molecule has 0 aromatic heterocycles. The quantitative estimate of drug-likeness (QED) is 0.686. The van der Waals surface area contributed by atoms with Crippen LogP contribution in [-0.2, 0) is 14.8 Å². The van der Waals surface area contributed by atoms with E-state index in [1.54, 1.807) is 31.3 Å². The topological polar surface area (TPSA) is 67.4 Å². The standard InChI is InChI=1S/C14H24N2O3S/c1-12(2)19-11-7-6-10-16-20(17,18)14-9-5-4-8-13(14)15-3/h4-5,8-9,12,15-16H,6-7,10-11H2,1-3H3.